The second-order valence-corrected chi connectivity index (χ2v) is 5.64. The average molecular weight is 273 g/mol. The molecule has 0 radical (unpaired) electrons. The lowest BCUT2D eigenvalue weighted by Crippen LogP contribution is -2.33. The SMILES string of the molecule is CCCNC(CCc1ccccc1C)C1=COCCC1. The molecule has 1 N–H and O–H groups in total. The molecule has 1 unspecified atom stereocenters. The summed E-state index contributed by atoms with van der Waals surface area (Å²) in [5, 5.41) is 3.68. The van der Waals surface area contributed by atoms with E-state index in [0.29, 0.717) is 6.04 Å². The molecule has 0 saturated heterocycles. The number of rotatable bonds is 7. The van der Waals surface area contributed by atoms with Crippen LogP contribution in [0.3, 0.4) is 0 Å². The Morgan fingerprint density at radius 2 is 2.15 bits per heavy atom. The molecule has 0 bridgehead atoms. The molecule has 0 aliphatic carbocycles. The maximum Gasteiger partial charge on any atom is 0.0876 e. The van der Waals surface area contributed by atoms with Crippen molar-refractivity contribution in [3.8, 4) is 0 Å². The number of ether oxygens (including phenoxy) is 1. The van der Waals surface area contributed by atoms with E-state index in [1.54, 1.807) is 0 Å². The van der Waals surface area contributed by atoms with E-state index in [2.05, 4.69) is 43.4 Å². The monoisotopic (exact) mass is 273 g/mol. The van der Waals surface area contributed by atoms with E-state index in [1.807, 2.05) is 6.26 Å². The number of hydrogen-bond acceptors (Lipinski definition) is 2. The number of nitrogens with one attached hydrogen (secondary N) is 1. The zero-order valence-electron chi connectivity index (χ0n) is 12.8. The molecule has 1 aromatic carbocycles. The summed E-state index contributed by atoms with van der Waals surface area (Å²) in [4.78, 5) is 0. The molecule has 0 spiro atoms. The van der Waals surface area contributed by atoms with Crippen molar-refractivity contribution in [1.82, 2.24) is 5.32 Å². The lowest BCUT2D eigenvalue weighted by molar-refractivity contribution is 0.218. The van der Waals surface area contributed by atoms with Gasteiger partial charge in [-0.15, -0.1) is 0 Å². The maximum atomic E-state index is 5.52. The Labute approximate surface area is 123 Å². The van der Waals surface area contributed by atoms with Crippen LogP contribution in [-0.4, -0.2) is 19.2 Å². The van der Waals surface area contributed by atoms with Crippen molar-refractivity contribution in [2.24, 2.45) is 0 Å². The molecule has 1 heterocycles. The minimum atomic E-state index is 0.467. The second-order valence-electron chi connectivity index (χ2n) is 5.64. The van der Waals surface area contributed by atoms with Crippen LogP contribution in [0.4, 0.5) is 0 Å². The molecule has 0 fully saturated rings. The van der Waals surface area contributed by atoms with Gasteiger partial charge in [0.1, 0.15) is 0 Å². The van der Waals surface area contributed by atoms with Crippen molar-refractivity contribution in [2.45, 2.75) is 52.0 Å². The third kappa shape index (κ3) is 4.38. The highest BCUT2D eigenvalue weighted by Crippen LogP contribution is 2.20. The third-order valence-electron chi connectivity index (χ3n) is 4.01. The molecule has 2 nitrogen and oxygen atoms in total. The quantitative estimate of drug-likeness (QED) is 0.811. The molecule has 2 rings (SSSR count). The molecule has 1 atom stereocenters. The largest absolute Gasteiger partial charge is 0.501 e. The molecule has 1 aromatic rings. The minimum absolute atomic E-state index is 0.467. The van der Waals surface area contributed by atoms with Crippen LogP contribution in [0.25, 0.3) is 0 Å². The van der Waals surface area contributed by atoms with Gasteiger partial charge in [-0.05, 0) is 62.3 Å². The van der Waals surface area contributed by atoms with Gasteiger partial charge in [-0.1, -0.05) is 31.2 Å². The fourth-order valence-corrected chi connectivity index (χ4v) is 2.77. The normalized spacial score (nSPS) is 16.4. The highest BCUT2D eigenvalue weighted by molar-refractivity contribution is 5.26. The van der Waals surface area contributed by atoms with Crippen LogP contribution >= 0.6 is 0 Å². The topological polar surface area (TPSA) is 21.3 Å². The molecule has 110 valence electrons. The summed E-state index contributed by atoms with van der Waals surface area (Å²) in [7, 11) is 0. The van der Waals surface area contributed by atoms with E-state index in [1.165, 1.54) is 29.5 Å². The summed E-state index contributed by atoms with van der Waals surface area (Å²) < 4.78 is 5.52. The summed E-state index contributed by atoms with van der Waals surface area (Å²) in [6.07, 6.45) is 7.78. The Morgan fingerprint density at radius 1 is 1.30 bits per heavy atom. The zero-order chi connectivity index (χ0) is 14.2. The van der Waals surface area contributed by atoms with Gasteiger partial charge < -0.3 is 10.1 Å². The first-order valence-corrected chi connectivity index (χ1v) is 7.89. The molecule has 1 aliphatic heterocycles. The predicted molar refractivity (Wildman–Crippen MR) is 84.9 cm³/mol. The summed E-state index contributed by atoms with van der Waals surface area (Å²) in [6, 6.07) is 9.17. The lowest BCUT2D eigenvalue weighted by Gasteiger charge is -2.24. The van der Waals surface area contributed by atoms with E-state index in [0.717, 1.165) is 32.4 Å². The number of hydrogen-bond donors (Lipinski definition) is 1. The average Bonchev–Trinajstić information content (AvgIpc) is 2.50. The third-order valence-corrected chi connectivity index (χ3v) is 4.01. The summed E-state index contributed by atoms with van der Waals surface area (Å²) in [5.41, 5.74) is 4.31. The molecule has 20 heavy (non-hydrogen) atoms. The van der Waals surface area contributed by atoms with Crippen LogP contribution < -0.4 is 5.32 Å². The van der Waals surface area contributed by atoms with Crippen LogP contribution in [0.1, 0.15) is 43.7 Å². The van der Waals surface area contributed by atoms with Gasteiger partial charge in [0.2, 0.25) is 0 Å². The standard InChI is InChI=1S/C18H27NO/c1-3-12-19-18(17-9-6-13-20-14-17)11-10-16-8-5-4-7-15(16)2/h4-5,7-8,14,18-19H,3,6,9-13H2,1-2H3. The fraction of sp³-hybridized carbons (Fsp3) is 0.556. The van der Waals surface area contributed by atoms with E-state index in [-0.39, 0.29) is 0 Å². The van der Waals surface area contributed by atoms with Crippen LogP contribution in [0.2, 0.25) is 0 Å². The highest BCUT2D eigenvalue weighted by atomic mass is 16.5. The summed E-state index contributed by atoms with van der Waals surface area (Å²) in [5.74, 6) is 0. The van der Waals surface area contributed by atoms with Crippen molar-refractivity contribution >= 4 is 0 Å². The van der Waals surface area contributed by atoms with Crippen molar-refractivity contribution in [2.75, 3.05) is 13.2 Å². The van der Waals surface area contributed by atoms with Gasteiger partial charge in [0.15, 0.2) is 0 Å². The van der Waals surface area contributed by atoms with Gasteiger partial charge in [-0.2, -0.15) is 0 Å². The Morgan fingerprint density at radius 3 is 2.85 bits per heavy atom. The van der Waals surface area contributed by atoms with Crippen molar-refractivity contribution in [1.29, 1.82) is 0 Å². The lowest BCUT2D eigenvalue weighted by atomic mass is 9.94. The fourth-order valence-electron chi connectivity index (χ4n) is 2.77. The van der Waals surface area contributed by atoms with Crippen LogP contribution in [-0.2, 0) is 11.2 Å². The van der Waals surface area contributed by atoms with Crippen molar-refractivity contribution in [3.05, 3.63) is 47.2 Å². The van der Waals surface area contributed by atoms with E-state index in [9.17, 15) is 0 Å². The highest BCUT2D eigenvalue weighted by Gasteiger charge is 2.16. The van der Waals surface area contributed by atoms with E-state index in [4.69, 9.17) is 4.74 Å². The van der Waals surface area contributed by atoms with Gasteiger partial charge in [0.25, 0.3) is 0 Å². The number of aryl methyl sites for hydroxylation is 2. The molecule has 1 aliphatic rings. The van der Waals surface area contributed by atoms with Crippen molar-refractivity contribution in [3.63, 3.8) is 0 Å². The van der Waals surface area contributed by atoms with Crippen LogP contribution in [0.5, 0.6) is 0 Å². The molecule has 2 heteroatoms. The Kier molecular flexibility index (Phi) is 6.13. The Hall–Kier alpha value is -1.28. The minimum Gasteiger partial charge on any atom is -0.501 e. The molecular weight excluding hydrogens is 246 g/mol. The van der Waals surface area contributed by atoms with Gasteiger partial charge in [-0.3, -0.25) is 0 Å². The van der Waals surface area contributed by atoms with E-state index >= 15 is 0 Å². The van der Waals surface area contributed by atoms with Gasteiger partial charge in [0.05, 0.1) is 12.9 Å². The summed E-state index contributed by atoms with van der Waals surface area (Å²) >= 11 is 0. The zero-order valence-corrected chi connectivity index (χ0v) is 12.8. The maximum absolute atomic E-state index is 5.52. The van der Waals surface area contributed by atoms with E-state index < -0.39 is 0 Å². The van der Waals surface area contributed by atoms with Crippen molar-refractivity contribution < 1.29 is 4.74 Å². The Bertz CT molecular complexity index is 439. The van der Waals surface area contributed by atoms with Crippen LogP contribution in [0.15, 0.2) is 36.1 Å². The first-order valence-electron chi connectivity index (χ1n) is 7.89. The predicted octanol–water partition coefficient (Wildman–Crippen LogP) is 3.99. The van der Waals surface area contributed by atoms with Gasteiger partial charge >= 0.3 is 0 Å². The van der Waals surface area contributed by atoms with Gasteiger partial charge in [-0.25, -0.2) is 0 Å². The smallest absolute Gasteiger partial charge is 0.0876 e. The Balaban J connectivity index is 1.96. The molecule has 0 aromatic heterocycles. The molecule has 0 saturated carbocycles. The summed E-state index contributed by atoms with van der Waals surface area (Å²) in [6.45, 7) is 6.38. The van der Waals surface area contributed by atoms with Gasteiger partial charge in [0, 0.05) is 6.04 Å². The first kappa shape index (κ1) is 15.1. The molecular formula is C18H27NO. The second kappa shape index (κ2) is 8.11. The molecule has 0 amide bonds. The van der Waals surface area contributed by atoms with Crippen LogP contribution in [0, 0.1) is 6.92 Å². The number of benzene rings is 1. The first-order chi connectivity index (χ1) is 9.81.